The quantitative estimate of drug-likeness (QED) is 0.648. The van der Waals surface area contributed by atoms with Crippen molar-refractivity contribution in [2.75, 3.05) is 25.1 Å². The minimum atomic E-state index is -0.257. The molecule has 7 nitrogen and oxygen atoms in total. The van der Waals surface area contributed by atoms with E-state index >= 15 is 0 Å². The average molecular weight is 370 g/mol. The molecule has 142 valence electrons. The summed E-state index contributed by atoms with van der Waals surface area (Å²) in [7, 11) is 0. The molecule has 1 aromatic carbocycles. The third kappa shape index (κ3) is 3.54. The smallest absolute Gasteiger partial charge is 0.233 e. The number of anilines is 1. The van der Waals surface area contributed by atoms with Gasteiger partial charge < -0.3 is 14.8 Å². The second kappa shape index (κ2) is 7.42. The molecule has 27 heavy (non-hydrogen) atoms. The molecule has 0 saturated carbocycles. The van der Waals surface area contributed by atoms with Crippen LogP contribution in [0.4, 0.5) is 5.69 Å². The van der Waals surface area contributed by atoms with Crippen LogP contribution in [0.1, 0.15) is 25.7 Å². The van der Waals surface area contributed by atoms with E-state index in [2.05, 4.69) is 5.32 Å². The molecule has 2 heterocycles. The topological polar surface area (TPSA) is 84.9 Å². The van der Waals surface area contributed by atoms with E-state index in [0.717, 1.165) is 6.42 Å². The second-order valence-electron chi connectivity index (χ2n) is 6.99. The summed E-state index contributed by atoms with van der Waals surface area (Å²) in [6, 6.07) is 5.24. The lowest BCUT2D eigenvalue weighted by Crippen LogP contribution is -2.34. The molecule has 0 spiro atoms. The number of hydrogen-bond donors (Lipinski definition) is 1. The fourth-order valence-corrected chi connectivity index (χ4v) is 3.77. The van der Waals surface area contributed by atoms with E-state index in [-0.39, 0.29) is 42.5 Å². The second-order valence-corrected chi connectivity index (χ2v) is 6.99. The van der Waals surface area contributed by atoms with Gasteiger partial charge in [0.1, 0.15) is 0 Å². The highest BCUT2D eigenvalue weighted by atomic mass is 16.5. The highest BCUT2D eigenvalue weighted by Gasteiger charge is 2.46. The lowest BCUT2D eigenvalue weighted by Gasteiger charge is -2.15. The van der Waals surface area contributed by atoms with Crippen LogP contribution in [-0.2, 0) is 14.4 Å². The number of benzene rings is 1. The minimum Gasteiger partial charge on any atom is -0.490 e. The van der Waals surface area contributed by atoms with E-state index in [0.29, 0.717) is 43.2 Å². The zero-order chi connectivity index (χ0) is 18.8. The third-order valence-electron chi connectivity index (χ3n) is 5.19. The van der Waals surface area contributed by atoms with Gasteiger partial charge in [-0.1, -0.05) is 12.2 Å². The molecule has 0 bridgehead atoms. The Labute approximate surface area is 157 Å². The first-order valence-electron chi connectivity index (χ1n) is 9.33. The largest absolute Gasteiger partial charge is 0.490 e. The van der Waals surface area contributed by atoms with Crippen LogP contribution in [0.3, 0.4) is 0 Å². The van der Waals surface area contributed by atoms with E-state index in [1.807, 2.05) is 12.2 Å². The van der Waals surface area contributed by atoms with Crippen molar-refractivity contribution in [3.05, 3.63) is 30.4 Å². The number of nitrogens with one attached hydrogen (secondary N) is 1. The Balaban J connectivity index is 1.34. The molecule has 1 N–H and O–H groups in total. The van der Waals surface area contributed by atoms with E-state index in [1.165, 1.54) is 4.90 Å². The summed E-state index contributed by atoms with van der Waals surface area (Å²) in [6.07, 6.45) is 5.99. The van der Waals surface area contributed by atoms with Gasteiger partial charge in [-0.2, -0.15) is 0 Å². The Morgan fingerprint density at radius 2 is 1.70 bits per heavy atom. The predicted octanol–water partition coefficient (Wildman–Crippen LogP) is 2.13. The zero-order valence-electron chi connectivity index (χ0n) is 15.0. The Kier molecular flexibility index (Phi) is 4.83. The number of nitrogens with zero attached hydrogens (tertiary/aromatic N) is 1. The molecule has 1 aromatic rings. The number of likely N-dealkylation sites (tertiary alicyclic amines) is 1. The van der Waals surface area contributed by atoms with Gasteiger partial charge in [0.05, 0.1) is 25.0 Å². The van der Waals surface area contributed by atoms with Gasteiger partial charge in [0.25, 0.3) is 0 Å². The number of allylic oxidation sites excluding steroid dienone is 2. The molecule has 1 aliphatic carbocycles. The summed E-state index contributed by atoms with van der Waals surface area (Å²) >= 11 is 0. The molecular formula is C20H22N2O5. The third-order valence-corrected chi connectivity index (χ3v) is 5.19. The van der Waals surface area contributed by atoms with E-state index in [9.17, 15) is 14.4 Å². The molecule has 4 rings (SSSR count). The van der Waals surface area contributed by atoms with Crippen molar-refractivity contribution in [2.45, 2.75) is 25.7 Å². The van der Waals surface area contributed by atoms with Gasteiger partial charge in [-0.15, -0.1) is 0 Å². The Hall–Kier alpha value is -2.83. The molecule has 0 aromatic heterocycles. The van der Waals surface area contributed by atoms with Gasteiger partial charge >= 0.3 is 0 Å². The average Bonchev–Trinajstić information content (AvgIpc) is 2.82. The maximum Gasteiger partial charge on any atom is 0.233 e. The fraction of sp³-hybridized carbons (Fsp3) is 0.450. The highest BCUT2D eigenvalue weighted by molar-refractivity contribution is 6.05. The van der Waals surface area contributed by atoms with Crippen molar-refractivity contribution in [1.29, 1.82) is 0 Å². The van der Waals surface area contributed by atoms with Crippen molar-refractivity contribution in [3.63, 3.8) is 0 Å². The molecule has 2 atom stereocenters. The standard InChI is InChI=1S/C20H22N2O5/c23-18(21-13-6-7-16-17(12-13)27-11-3-10-26-16)8-9-22-19(24)14-4-1-2-5-15(14)20(22)25/h1-2,6-7,12,14-15H,3-5,8-11H2,(H,21,23)/t14-,15+. The van der Waals surface area contributed by atoms with Crippen LogP contribution in [0.2, 0.25) is 0 Å². The highest BCUT2D eigenvalue weighted by Crippen LogP contribution is 2.35. The van der Waals surface area contributed by atoms with Crippen molar-refractivity contribution >= 4 is 23.4 Å². The van der Waals surface area contributed by atoms with Crippen LogP contribution in [0.5, 0.6) is 11.5 Å². The van der Waals surface area contributed by atoms with Crippen LogP contribution in [0.25, 0.3) is 0 Å². The number of ether oxygens (including phenoxy) is 2. The molecule has 2 aliphatic heterocycles. The Bertz CT molecular complexity index is 778. The number of fused-ring (bicyclic) bond motifs is 2. The van der Waals surface area contributed by atoms with Gasteiger partial charge in [-0.3, -0.25) is 19.3 Å². The summed E-state index contributed by atoms with van der Waals surface area (Å²) in [5.41, 5.74) is 0.598. The molecule has 3 aliphatic rings. The minimum absolute atomic E-state index is 0.0682. The lowest BCUT2D eigenvalue weighted by atomic mass is 9.85. The summed E-state index contributed by atoms with van der Waals surface area (Å²) < 4.78 is 11.2. The van der Waals surface area contributed by atoms with Crippen molar-refractivity contribution in [2.24, 2.45) is 11.8 Å². The molecule has 7 heteroatoms. The van der Waals surface area contributed by atoms with Gasteiger partial charge in [0, 0.05) is 31.1 Å². The fourth-order valence-electron chi connectivity index (χ4n) is 3.77. The molecule has 1 saturated heterocycles. The number of amides is 3. The lowest BCUT2D eigenvalue weighted by molar-refractivity contribution is -0.140. The monoisotopic (exact) mass is 370 g/mol. The molecule has 0 radical (unpaired) electrons. The van der Waals surface area contributed by atoms with Crippen LogP contribution in [-0.4, -0.2) is 42.4 Å². The number of hydrogen-bond acceptors (Lipinski definition) is 5. The molecule has 3 amide bonds. The van der Waals surface area contributed by atoms with Crippen molar-refractivity contribution < 1.29 is 23.9 Å². The first kappa shape index (κ1) is 17.6. The Morgan fingerprint density at radius 1 is 1.04 bits per heavy atom. The van der Waals surface area contributed by atoms with Crippen molar-refractivity contribution in [3.8, 4) is 11.5 Å². The van der Waals surface area contributed by atoms with E-state index in [1.54, 1.807) is 18.2 Å². The summed E-state index contributed by atoms with van der Waals surface area (Å²) in [5.74, 6) is 0.190. The van der Waals surface area contributed by atoms with Crippen LogP contribution >= 0.6 is 0 Å². The summed E-state index contributed by atoms with van der Waals surface area (Å²) in [5, 5.41) is 2.79. The van der Waals surface area contributed by atoms with Crippen LogP contribution in [0, 0.1) is 11.8 Å². The van der Waals surface area contributed by atoms with Gasteiger partial charge in [0.2, 0.25) is 17.7 Å². The van der Waals surface area contributed by atoms with E-state index in [4.69, 9.17) is 9.47 Å². The number of imide groups is 1. The molecular weight excluding hydrogens is 348 g/mol. The molecule has 0 unspecified atom stereocenters. The predicted molar refractivity (Wildman–Crippen MR) is 97.4 cm³/mol. The Morgan fingerprint density at radius 3 is 2.41 bits per heavy atom. The summed E-state index contributed by atoms with van der Waals surface area (Å²) in [4.78, 5) is 38.4. The van der Waals surface area contributed by atoms with E-state index < -0.39 is 0 Å². The first-order chi connectivity index (χ1) is 13.1. The molecule has 1 fully saturated rings. The number of carbonyl (C=O) groups is 3. The van der Waals surface area contributed by atoms with Crippen LogP contribution < -0.4 is 14.8 Å². The number of rotatable bonds is 4. The van der Waals surface area contributed by atoms with Gasteiger partial charge in [-0.05, 0) is 25.0 Å². The van der Waals surface area contributed by atoms with Gasteiger partial charge in [-0.25, -0.2) is 0 Å². The van der Waals surface area contributed by atoms with Crippen molar-refractivity contribution in [1.82, 2.24) is 4.90 Å². The summed E-state index contributed by atoms with van der Waals surface area (Å²) in [6.45, 7) is 1.29. The van der Waals surface area contributed by atoms with Crippen LogP contribution in [0.15, 0.2) is 30.4 Å². The first-order valence-corrected chi connectivity index (χ1v) is 9.33. The van der Waals surface area contributed by atoms with Gasteiger partial charge in [0.15, 0.2) is 11.5 Å². The normalized spacial score (nSPS) is 23.8. The number of carbonyl (C=O) groups excluding carboxylic acids is 3. The SMILES string of the molecule is O=C(CCN1C(=O)[C@H]2CC=CC[C@H]2C1=O)Nc1ccc2c(c1)OCCCO2. The zero-order valence-corrected chi connectivity index (χ0v) is 15.0. The maximum absolute atomic E-state index is 12.4. The maximum atomic E-state index is 12.4.